The summed E-state index contributed by atoms with van der Waals surface area (Å²) in [5, 5.41) is 8.05. The molecule has 1 aromatic rings. The molecule has 1 rings (SSSR count). The van der Waals surface area contributed by atoms with Crippen molar-refractivity contribution in [2.24, 2.45) is 0 Å². The highest BCUT2D eigenvalue weighted by Crippen LogP contribution is 2.12. The van der Waals surface area contributed by atoms with Gasteiger partial charge in [0.2, 0.25) is 5.95 Å². The second kappa shape index (κ2) is 7.98. The smallest absolute Gasteiger partial charge is 0.240 e. The molecule has 17 heavy (non-hydrogen) atoms. The van der Waals surface area contributed by atoms with Crippen LogP contribution in [-0.4, -0.2) is 15.2 Å². The van der Waals surface area contributed by atoms with Crippen LogP contribution >= 0.6 is 0 Å². The number of aromatic nitrogens is 3. The highest BCUT2D eigenvalue weighted by molar-refractivity contribution is 5.19. The molecule has 0 aliphatic heterocycles. The Morgan fingerprint density at radius 2 is 1.41 bits per heavy atom. The number of hydrogen-bond donors (Lipinski definition) is 1. The number of unbranched alkanes of at least 4 members (excludes halogenated alkanes) is 4. The number of nitrogen functional groups attached to an aromatic ring is 1. The second-order valence-electron chi connectivity index (χ2n) is 4.48. The molecule has 0 aliphatic carbocycles. The molecule has 2 N–H and O–H groups in total. The Labute approximate surface area is 104 Å². The molecular weight excluding hydrogens is 212 g/mol. The third-order valence-electron chi connectivity index (χ3n) is 2.89. The van der Waals surface area contributed by atoms with Gasteiger partial charge in [0.1, 0.15) is 0 Å². The van der Waals surface area contributed by atoms with Crippen LogP contribution < -0.4 is 5.73 Å². The average Bonchev–Trinajstić information content (AvgIpc) is 2.32. The van der Waals surface area contributed by atoms with Crippen molar-refractivity contribution in [2.75, 3.05) is 5.73 Å². The van der Waals surface area contributed by atoms with Gasteiger partial charge in [-0.25, -0.2) is 4.98 Å². The topological polar surface area (TPSA) is 64.7 Å². The predicted molar refractivity (Wildman–Crippen MR) is 70.7 cm³/mol. The van der Waals surface area contributed by atoms with Crippen LogP contribution in [0.4, 0.5) is 5.95 Å². The first-order valence-corrected chi connectivity index (χ1v) is 6.75. The molecule has 1 aromatic heterocycles. The molecule has 0 aromatic carbocycles. The minimum Gasteiger partial charge on any atom is -0.366 e. The number of aryl methyl sites for hydroxylation is 2. The monoisotopic (exact) mass is 236 g/mol. The van der Waals surface area contributed by atoms with Crippen molar-refractivity contribution in [2.45, 2.75) is 65.2 Å². The van der Waals surface area contributed by atoms with E-state index in [9.17, 15) is 0 Å². The third kappa shape index (κ3) is 5.11. The average molecular weight is 236 g/mol. The largest absolute Gasteiger partial charge is 0.366 e. The zero-order valence-corrected chi connectivity index (χ0v) is 11.1. The molecule has 0 saturated heterocycles. The van der Waals surface area contributed by atoms with Gasteiger partial charge in [0.05, 0.1) is 11.4 Å². The van der Waals surface area contributed by atoms with Crippen LogP contribution in [-0.2, 0) is 12.8 Å². The maximum Gasteiger partial charge on any atom is 0.240 e. The van der Waals surface area contributed by atoms with Gasteiger partial charge in [-0.1, -0.05) is 39.5 Å². The molecule has 0 radical (unpaired) electrons. The summed E-state index contributed by atoms with van der Waals surface area (Å²) in [6.45, 7) is 4.41. The van der Waals surface area contributed by atoms with E-state index < -0.39 is 0 Å². The summed E-state index contributed by atoms with van der Waals surface area (Å²) >= 11 is 0. The first kappa shape index (κ1) is 13.9. The lowest BCUT2D eigenvalue weighted by atomic mass is 10.1. The minimum absolute atomic E-state index is 0.302. The van der Waals surface area contributed by atoms with Crippen molar-refractivity contribution in [3.05, 3.63) is 11.4 Å². The molecule has 0 aliphatic rings. The SMILES string of the molecule is CCCCCc1nnc(N)nc1CCCCC. The Bertz CT molecular complexity index is 325. The maximum atomic E-state index is 5.60. The zero-order chi connectivity index (χ0) is 12.5. The van der Waals surface area contributed by atoms with E-state index >= 15 is 0 Å². The van der Waals surface area contributed by atoms with Crippen LogP contribution in [0.2, 0.25) is 0 Å². The van der Waals surface area contributed by atoms with Gasteiger partial charge >= 0.3 is 0 Å². The van der Waals surface area contributed by atoms with E-state index in [1.54, 1.807) is 0 Å². The third-order valence-corrected chi connectivity index (χ3v) is 2.89. The molecule has 0 spiro atoms. The summed E-state index contributed by atoms with van der Waals surface area (Å²) < 4.78 is 0. The summed E-state index contributed by atoms with van der Waals surface area (Å²) in [5.41, 5.74) is 7.70. The molecule has 0 fully saturated rings. The molecule has 0 bridgehead atoms. The summed E-state index contributed by atoms with van der Waals surface area (Å²) in [4.78, 5) is 4.33. The first-order valence-electron chi connectivity index (χ1n) is 6.75. The molecule has 96 valence electrons. The highest BCUT2D eigenvalue weighted by Gasteiger charge is 2.07. The van der Waals surface area contributed by atoms with Crippen molar-refractivity contribution in [3.8, 4) is 0 Å². The number of nitrogens with zero attached hydrogens (tertiary/aromatic N) is 3. The van der Waals surface area contributed by atoms with E-state index in [-0.39, 0.29) is 0 Å². The number of nitrogens with two attached hydrogens (primary N) is 1. The van der Waals surface area contributed by atoms with Crippen LogP contribution in [0.25, 0.3) is 0 Å². The van der Waals surface area contributed by atoms with Crippen LogP contribution in [0.1, 0.15) is 63.8 Å². The minimum atomic E-state index is 0.302. The van der Waals surface area contributed by atoms with Gasteiger partial charge in [-0.2, -0.15) is 5.10 Å². The Kier molecular flexibility index (Phi) is 6.51. The van der Waals surface area contributed by atoms with E-state index in [2.05, 4.69) is 29.0 Å². The normalized spacial score (nSPS) is 10.7. The molecule has 0 amide bonds. The molecule has 4 heteroatoms. The summed E-state index contributed by atoms with van der Waals surface area (Å²) in [6.07, 6.45) is 9.20. The predicted octanol–water partition coefficient (Wildman–Crippen LogP) is 2.92. The van der Waals surface area contributed by atoms with Crippen molar-refractivity contribution in [1.82, 2.24) is 15.2 Å². The molecule has 0 atom stereocenters. The van der Waals surface area contributed by atoms with Crippen molar-refractivity contribution in [3.63, 3.8) is 0 Å². The fourth-order valence-electron chi connectivity index (χ4n) is 1.87. The van der Waals surface area contributed by atoms with E-state index in [1.165, 1.54) is 25.7 Å². The van der Waals surface area contributed by atoms with Gasteiger partial charge < -0.3 is 5.73 Å². The van der Waals surface area contributed by atoms with Gasteiger partial charge in [0, 0.05) is 0 Å². The van der Waals surface area contributed by atoms with Crippen LogP contribution in [0.15, 0.2) is 0 Å². The summed E-state index contributed by atoms with van der Waals surface area (Å²) in [5.74, 6) is 0.302. The van der Waals surface area contributed by atoms with Gasteiger partial charge in [-0.15, -0.1) is 5.10 Å². The Morgan fingerprint density at radius 3 is 2.00 bits per heavy atom. The molecule has 0 saturated carbocycles. The molecule has 4 nitrogen and oxygen atoms in total. The molecule has 0 unspecified atom stereocenters. The highest BCUT2D eigenvalue weighted by atomic mass is 15.2. The quantitative estimate of drug-likeness (QED) is 0.705. The number of anilines is 1. The lowest BCUT2D eigenvalue weighted by molar-refractivity contribution is 0.661. The fraction of sp³-hybridized carbons (Fsp3) is 0.769. The van der Waals surface area contributed by atoms with E-state index in [0.29, 0.717) is 5.95 Å². The molecule has 1 heterocycles. The Hall–Kier alpha value is -1.19. The lowest BCUT2D eigenvalue weighted by Crippen LogP contribution is -2.08. The van der Waals surface area contributed by atoms with E-state index in [4.69, 9.17) is 5.73 Å². The van der Waals surface area contributed by atoms with Gasteiger partial charge in [0.25, 0.3) is 0 Å². The Balaban J connectivity index is 2.59. The van der Waals surface area contributed by atoms with Crippen molar-refractivity contribution in [1.29, 1.82) is 0 Å². The van der Waals surface area contributed by atoms with Gasteiger partial charge in [-0.05, 0) is 25.7 Å². The van der Waals surface area contributed by atoms with E-state index in [1.807, 2.05) is 0 Å². The number of hydrogen-bond acceptors (Lipinski definition) is 4. The zero-order valence-electron chi connectivity index (χ0n) is 11.1. The number of rotatable bonds is 8. The van der Waals surface area contributed by atoms with Crippen LogP contribution in [0.5, 0.6) is 0 Å². The summed E-state index contributed by atoms with van der Waals surface area (Å²) in [6, 6.07) is 0. The van der Waals surface area contributed by atoms with Crippen molar-refractivity contribution >= 4 is 5.95 Å². The summed E-state index contributed by atoms with van der Waals surface area (Å²) in [7, 11) is 0. The second-order valence-corrected chi connectivity index (χ2v) is 4.48. The first-order chi connectivity index (χ1) is 8.27. The fourth-order valence-corrected chi connectivity index (χ4v) is 1.87. The molecular formula is C13H24N4. The maximum absolute atomic E-state index is 5.60. The standard InChI is InChI=1S/C13H24N4/c1-3-5-7-9-11-12(10-8-6-4-2)16-17-13(14)15-11/h3-10H2,1-2H3,(H2,14,15,17). The Morgan fingerprint density at radius 1 is 0.824 bits per heavy atom. The van der Waals surface area contributed by atoms with Crippen molar-refractivity contribution < 1.29 is 0 Å². The van der Waals surface area contributed by atoms with Crippen LogP contribution in [0, 0.1) is 0 Å². The van der Waals surface area contributed by atoms with Crippen LogP contribution in [0.3, 0.4) is 0 Å². The van der Waals surface area contributed by atoms with E-state index in [0.717, 1.165) is 37.1 Å². The van der Waals surface area contributed by atoms with Gasteiger partial charge in [-0.3, -0.25) is 0 Å². The lowest BCUT2D eigenvalue weighted by Gasteiger charge is -2.07. The van der Waals surface area contributed by atoms with Gasteiger partial charge in [0.15, 0.2) is 0 Å².